The monoisotopic (exact) mass is 282 g/mol. The molecule has 0 bridgehead atoms. The Balaban J connectivity index is 2.16. The fourth-order valence-electron chi connectivity index (χ4n) is 1.92. The van der Waals surface area contributed by atoms with Crippen LogP contribution in [0.15, 0.2) is 28.7 Å². The molecule has 1 heterocycles. The van der Waals surface area contributed by atoms with Gasteiger partial charge < -0.3 is 10.2 Å². The maximum atomic E-state index is 12.2. The molecule has 0 aromatic heterocycles. The van der Waals surface area contributed by atoms with Crippen molar-refractivity contribution in [2.45, 2.75) is 13.0 Å². The van der Waals surface area contributed by atoms with E-state index in [-0.39, 0.29) is 5.91 Å². The minimum absolute atomic E-state index is 0.112. The van der Waals surface area contributed by atoms with Gasteiger partial charge in [0.25, 0.3) is 5.91 Å². The molecular formula is C12H15BrN2O. The van der Waals surface area contributed by atoms with Crippen LogP contribution >= 0.6 is 15.9 Å². The van der Waals surface area contributed by atoms with E-state index in [0.29, 0.717) is 6.04 Å². The first-order valence-corrected chi connectivity index (χ1v) is 6.25. The van der Waals surface area contributed by atoms with Crippen molar-refractivity contribution in [2.75, 3.05) is 19.6 Å². The molecule has 0 saturated carbocycles. The van der Waals surface area contributed by atoms with Crippen molar-refractivity contribution in [1.29, 1.82) is 0 Å². The first-order chi connectivity index (χ1) is 7.68. The zero-order valence-electron chi connectivity index (χ0n) is 9.24. The Morgan fingerprint density at radius 2 is 2.25 bits per heavy atom. The molecular weight excluding hydrogens is 268 g/mol. The van der Waals surface area contributed by atoms with Gasteiger partial charge in [0.1, 0.15) is 0 Å². The number of hydrogen-bond donors (Lipinski definition) is 1. The molecule has 1 saturated heterocycles. The lowest BCUT2D eigenvalue weighted by Crippen LogP contribution is -2.51. The maximum Gasteiger partial charge on any atom is 0.255 e. The third-order valence-electron chi connectivity index (χ3n) is 2.76. The van der Waals surface area contributed by atoms with Crippen molar-refractivity contribution in [1.82, 2.24) is 10.2 Å². The summed E-state index contributed by atoms with van der Waals surface area (Å²) >= 11 is 3.42. The van der Waals surface area contributed by atoms with E-state index >= 15 is 0 Å². The van der Waals surface area contributed by atoms with Gasteiger partial charge in [-0.1, -0.05) is 12.1 Å². The minimum atomic E-state index is 0.112. The van der Waals surface area contributed by atoms with E-state index in [1.165, 1.54) is 0 Å². The summed E-state index contributed by atoms with van der Waals surface area (Å²) in [7, 11) is 0. The second-order valence-electron chi connectivity index (χ2n) is 4.09. The summed E-state index contributed by atoms with van der Waals surface area (Å²) in [5.74, 6) is 0.112. The van der Waals surface area contributed by atoms with E-state index in [0.717, 1.165) is 29.7 Å². The lowest BCUT2D eigenvalue weighted by atomic mass is 10.1. The largest absolute Gasteiger partial charge is 0.336 e. The van der Waals surface area contributed by atoms with Crippen molar-refractivity contribution in [3.8, 4) is 0 Å². The normalized spacial score (nSPS) is 20.9. The number of carbonyl (C=O) groups excluding carboxylic acids is 1. The second-order valence-corrected chi connectivity index (χ2v) is 4.94. The SMILES string of the molecule is CC1CN(C(=O)c2ccccc2Br)CCN1. The molecule has 1 aliphatic heterocycles. The van der Waals surface area contributed by atoms with E-state index < -0.39 is 0 Å². The summed E-state index contributed by atoms with van der Waals surface area (Å²) in [6.45, 7) is 4.53. The molecule has 1 aromatic carbocycles. The molecule has 1 unspecified atom stereocenters. The number of rotatable bonds is 1. The van der Waals surface area contributed by atoms with E-state index in [9.17, 15) is 4.79 Å². The fraction of sp³-hybridized carbons (Fsp3) is 0.417. The topological polar surface area (TPSA) is 32.3 Å². The summed E-state index contributed by atoms with van der Waals surface area (Å²) in [6, 6.07) is 7.95. The Hall–Kier alpha value is -0.870. The van der Waals surface area contributed by atoms with Crippen LogP contribution in [-0.4, -0.2) is 36.5 Å². The molecule has 1 aliphatic rings. The molecule has 2 rings (SSSR count). The molecule has 1 amide bonds. The van der Waals surface area contributed by atoms with E-state index in [4.69, 9.17) is 0 Å². The molecule has 1 N–H and O–H groups in total. The average Bonchev–Trinajstić information content (AvgIpc) is 2.29. The quantitative estimate of drug-likeness (QED) is 0.853. The molecule has 0 spiro atoms. The Morgan fingerprint density at radius 1 is 1.50 bits per heavy atom. The van der Waals surface area contributed by atoms with Crippen molar-refractivity contribution in [2.24, 2.45) is 0 Å². The van der Waals surface area contributed by atoms with Crippen molar-refractivity contribution >= 4 is 21.8 Å². The molecule has 3 nitrogen and oxygen atoms in total. The maximum absolute atomic E-state index is 12.2. The van der Waals surface area contributed by atoms with Gasteiger partial charge in [-0.25, -0.2) is 0 Å². The first kappa shape index (κ1) is 11.6. The number of hydrogen-bond acceptors (Lipinski definition) is 2. The third-order valence-corrected chi connectivity index (χ3v) is 3.45. The molecule has 86 valence electrons. The van der Waals surface area contributed by atoms with Gasteiger partial charge in [-0.3, -0.25) is 4.79 Å². The van der Waals surface area contributed by atoms with Gasteiger partial charge >= 0.3 is 0 Å². The Kier molecular flexibility index (Phi) is 3.61. The summed E-state index contributed by atoms with van der Waals surface area (Å²) in [5.41, 5.74) is 0.747. The van der Waals surface area contributed by atoms with Gasteiger partial charge in [0.15, 0.2) is 0 Å². The van der Waals surface area contributed by atoms with Gasteiger partial charge in [-0.05, 0) is 35.0 Å². The van der Waals surface area contributed by atoms with Gasteiger partial charge in [0.05, 0.1) is 5.56 Å². The second kappa shape index (κ2) is 4.97. The Labute approximate surface area is 104 Å². The molecule has 1 aromatic rings. The summed E-state index contributed by atoms with van der Waals surface area (Å²) in [6.07, 6.45) is 0. The number of nitrogens with one attached hydrogen (secondary N) is 1. The lowest BCUT2D eigenvalue weighted by molar-refractivity contribution is 0.0708. The number of halogens is 1. The van der Waals surface area contributed by atoms with Crippen LogP contribution in [0.5, 0.6) is 0 Å². The molecule has 0 aliphatic carbocycles. The van der Waals surface area contributed by atoms with Gasteiger partial charge in [-0.2, -0.15) is 0 Å². The number of piperazine rings is 1. The van der Waals surface area contributed by atoms with Crippen molar-refractivity contribution in [3.63, 3.8) is 0 Å². The lowest BCUT2D eigenvalue weighted by Gasteiger charge is -2.32. The molecule has 16 heavy (non-hydrogen) atoms. The predicted octanol–water partition coefficient (Wildman–Crippen LogP) is 1.88. The highest BCUT2D eigenvalue weighted by atomic mass is 79.9. The molecule has 1 atom stereocenters. The summed E-state index contributed by atoms with van der Waals surface area (Å²) < 4.78 is 0.867. The van der Waals surface area contributed by atoms with Gasteiger partial charge in [0.2, 0.25) is 0 Å². The van der Waals surface area contributed by atoms with E-state index in [2.05, 4.69) is 28.2 Å². The smallest absolute Gasteiger partial charge is 0.255 e. The highest BCUT2D eigenvalue weighted by molar-refractivity contribution is 9.10. The van der Waals surface area contributed by atoms with Crippen LogP contribution in [0.4, 0.5) is 0 Å². The zero-order chi connectivity index (χ0) is 11.5. The highest BCUT2D eigenvalue weighted by Crippen LogP contribution is 2.18. The zero-order valence-corrected chi connectivity index (χ0v) is 10.8. The minimum Gasteiger partial charge on any atom is -0.336 e. The Bertz CT molecular complexity index is 394. The molecule has 1 fully saturated rings. The van der Waals surface area contributed by atoms with Crippen LogP contribution < -0.4 is 5.32 Å². The summed E-state index contributed by atoms with van der Waals surface area (Å²) in [5, 5.41) is 3.33. The average molecular weight is 283 g/mol. The Morgan fingerprint density at radius 3 is 2.94 bits per heavy atom. The van der Waals surface area contributed by atoms with Crippen LogP contribution in [0.1, 0.15) is 17.3 Å². The molecule has 0 radical (unpaired) electrons. The van der Waals surface area contributed by atoms with E-state index in [1.54, 1.807) is 0 Å². The molecule has 4 heteroatoms. The number of amides is 1. The first-order valence-electron chi connectivity index (χ1n) is 5.45. The van der Waals surface area contributed by atoms with Crippen molar-refractivity contribution in [3.05, 3.63) is 34.3 Å². The predicted molar refractivity (Wildman–Crippen MR) is 67.5 cm³/mol. The summed E-state index contributed by atoms with van der Waals surface area (Å²) in [4.78, 5) is 14.1. The number of benzene rings is 1. The van der Waals surface area contributed by atoms with Crippen LogP contribution in [0.3, 0.4) is 0 Å². The van der Waals surface area contributed by atoms with Crippen LogP contribution in [0.2, 0.25) is 0 Å². The van der Waals surface area contributed by atoms with Gasteiger partial charge in [0, 0.05) is 30.1 Å². The van der Waals surface area contributed by atoms with Crippen LogP contribution in [0, 0.1) is 0 Å². The van der Waals surface area contributed by atoms with Crippen molar-refractivity contribution < 1.29 is 4.79 Å². The van der Waals surface area contributed by atoms with Crippen LogP contribution in [0.25, 0.3) is 0 Å². The number of carbonyl (C=O) groups is 1. The van der Waals surface area contributed by atoms with E-state index in [1.807, 2.05) is 29.2 Å². The van der Waals surface area contributed by atoms with Crippen LogP contribution in [-0.2, 0) is 0 Å². The fourth-order valence-corrected chi connectivity index (χ4v) is 2.38. The number of nitrogens with zero attached hydrogens (tertiary/aromatic N) is 1. The standard InChI is InChI=1S/C12H15BrN2O/c1-9-8-15(7-6-14-9)12(16)10-4-2-3-5-11(10)13/h2-5,9,14H,6-8H2,1H3. The van der Waals surface area contributed by atoms with Gasteiger partial charge in [-0.15, -0.1) is 0 Å². The third kappa shape index (κ3) is 2.44. The highest BCUT2D eigenvalue weighted by Gasteiger charge is 2.22.